The zero-order valence-corrected chi connectivity index (χ0v) is 16.4. The number of benzene rings is 1. The molecule has 0 aliphatic carbocycles. The monoisotopic (exact) mass is 360 g/mol. The summed E-state index contributed by atoms with van der Waals surface area (Å²) in [4.78, 5) is 0.471. The van der Waals surface area contributed by atoms with Gasteiger partial charge >= 0.3 is 0 Å². The fraction of sp³-hybridized carbons (Fsp3) is 0.647. The summed E-state index contributed by atoms with van der Waals surface area (Å²) < 4.78 is 27.6. The molecule has 1 fully saturated rings. The minimum absolute atomic E-state index is 0. The maximum absolute atomic E-state index is 13.0. The Morgan fingerprint density at radius 3 is 2.13 bits per heavy atom. The third kappa shape index (κ3) is 4.08. The molecule has 0 saturated carbocycles. The Morgan fingerprint density at radius 2 is 1.74 bits per heavy atom. The van der Waals surface area contributed by atoms with E-state index in [-0.39, 0.29) is 23.7 Å². The molecule has 0 spiro atoms. The highest BCUT2D eigenvalue weighted by atomic mass is 35.5. The van der Waals surface area contributed by atoms with Crippen LogP contribution in [0.3, 0.4) is 0 Å². The van der Waals surface area contributed by atoms with Crippen molar-refractivity contribution in [3.8, 4) is 0 Å². The molecule has 132 valence electrons. The maximum atomic E-state index is 13.0. The molecule has 1 heterocycles. The maximum Gasteiger partial charge on any atom is 0.243 e. The molecule has 23 heavy (non-hydrogen) atoms. The van der Waals surface area contributed by atoms with Crippen LogP contribution in [-0.4, -0.2) is 32.4 Å². The third-order valence-corrected chi connectivity index (χ3v) is 6.68. The van der Waals surface area contributed by atoms with E-state index in [1.54, 1.807) is 4.31 Å². The Kier molecular flexibility index (Phi) is 6.30. The minimum Gasteiger partial charge on any atom is -0.330 e. The Balaban J connectivity index is 0.00000264. The molecule has 1 saturated heterocycles. The first-order chi connectivity index (χ1) is 10.1. The summed E-state index contributed by atoms with van der Waals surface area (Å²) in [6.45, 7) is 11.9. The van der Waals surface area contributed by atoms with Crippen molar-refractivity contribution in [3.63, 3.8) is 0 Å². The fourth-order valence-corrected chi connectivity index (χ4v) is 5.07. The van der Waals surface area contributed by atoms with E-state index in [0.717, 1.165) is 17.5 Å². The van der Waals surface area contributed by atoms with Gasteiger partial charge in [0.1, 0.15) is 0 Å². The standard InChI is InChI=1S/C17H28N2O2S.ClH/c1-12-8-15(17(3,4)5)9-13(2)16(12)22(20,21)19-7-6-14(10-18)11-19;/h8-9,14H,6-7,10-11,18H2,1-5H3;1H. The van der Waals surface area contributed by atoms with Crippen molar-refractivity contribution >= 4 is 22.4 Å². The van der Waals surface area contributed by atoms with Crippen molar-refractivity contribution in [2.75, 3.05) is 19.6 Å². The van der Waals surface area contributed by atoms with E-state index in [2.05, 4.69) is 20.8 Å². The summed E-state index contributed by atoms with van der Waals surface area (Å²) in [6.07, 6.45) is 0.855. The molecule has 1 unspecified atom stereocenters. The van der Waals surface area contributed by atoms with Crippen molar-refractivity contribution < 1.29 is 8.42 Å². The van der Waals surface area contributed by atoms with Gasteiger partial charge in [0, 0.05) is 13.1 Å². The Bertz CT molecular complexity index is 643. The molecule has 1 aliphatic heterocycles. The lowest BCUT2D eigenvalue weighted by Gasteiger charge is -2.24. The van der Waals surface area contributed by atoms with Crippen LogP contribution in [0.4, 0.5) is 0 Å². The van der Waals surface area contributed by atoms with Crippen LogP contribution in [0.15, 0.2) is 17.0 Å². The van der Waals surface area contributed by atoms with Gasteiger partial charge in [-0.25, -0.2) is 8.42 Å². The minimum atomic E-state index is -3.43. The van der Waals surface area contributed by atoms with Gasteiger partial charge in [-0.1, -0.05) is 32.9 Å². The fourth-order valence-electron chi connectivity index (χ4n) is 3.13. The van der Waals surface area contributed by atoms with Crippen LogP contribution in [0.2, 0.25) is 0 Å². The van der Waals surface area contributed by atoms with E-state index in [1.165, 1.54) is 5.56 Å². The molecule has 2 rings (SSSR count). The van der Waals surface area contributed by atoms with E-state index in [9.17, 15) is 8.42 Å². The van der Waals surface area contributed by atoms with Crippen molar-refractivity contribution in [1.82, 2.24) is 4.31 Å². The van der Waals surface area contributed by atoms with Gasteiger partial charge in [-0.15, -0.1) is 12.4 Å². The first-order valence-electron chi connectivity index (χ1n) is 7.89. The lowest BCUT2D eigenvalue weighted by atomic mass is 9.85. The second kappa shape index (κ2) is 7.09. The predicted octanol–water partition coefficient (Wildman–Crippen LogP) is 2.99. The summed E-state index contributed by atoms with van der Waals surface area (Å²) in [5.74, 6) is 0.282. The topological polar surface area (TPSA) is 63.4 Å². The summed E-state index contributed by atoms with van der Waals surface area (Å²) in [7, 11) is -3.43. The number of aryl methyl sites for hydroxylation is 2. The average Bonchev–Trinajstić information content (AvgIpc) is 2.85. The number of rotatable bonds is 3. The zero-order valence-electron chi connectivity index (χ0n) is 14.7. The molecule has 0 aromatic heterocycles. The van der Waals surface area contributed by atoms with Gasteiger partial charge in [0.15, 0.2) is 0 Å². The van der Waals surface area contributed by atoms with E-state index in [0.29, 0.717) is 24.5 Å². The Labute approximate surface area is 146 Å². The van der Waals surface area contributed by atoms with Gasteiger partial charge in [0.05, 0.1) is 4.90 Å². The summed E-state index contributed by atoms with van der Waals surface area (Å²) in [5.41, 5.74) is 8.53. The van der Waals surface area contributed by atoms with Gasteiger partial charge in [-0.3, -0.25) is 0 Å². The Hall–Kier alpha value is -0.620. The number of sulfonamides is 1. The highest BCUT2D eigenvalue weighted by Crippen LogP contribution is 2.32. The lowest BCUT2D eigenvalue weighted by Crippen LogP contribution is -2.31. The molecule has 0 amide bonds. The molecule has 4 nitrogen and oxygen atoms in total. The molecule has 1 aromatic carbocycles. The summed E-state index contributed by atoms with van der Waals surface area (Å²) in [5, 5.41) is 0. The Morgan fingerprint density at radius 1 is 1.22 bits per heavy atom. The molecule has 1 aliphatic rings. The molecular formula is C17H29ClN2O2S. The number of hydrogen-bond acceptors (Lipinski definition) is 3. The highest BCUT2D eigenvalue weighted by Gasteiger charge is 2.34. The SMILES string of the molecule is Cc1cc(C(C)(C)C)cc(C)c1S(=O)(=O)N1CCC(CN)C1.Cl. The number of hydrogen-bond donors (Lipinski definition) is 1. The van der Waals surface area contributed by atoms with Crippen LogP contribution in [0.1, 0.15) is 43.9 Å². The smallest absolute Gasteiger partial charge is 0.243 e. The van der Waals surface area contributed by atoms with E-state index < -0.39 is 10.0 Å². The van der Waals surface area contributed by atoms with Crippen molar-refractivity contribution in [2.24, 2.45) is 11.7 Å². The lowest BCUT2D eigenvalue weighted by molar-refractivity contribution is 0.458. The van der Waals surface area contributed by atoms with Crippen LogP contribution < -0.4 is 5.73 Å². The molecule has 0 radical (unpaired) electrons. The van der Waals surface area contributed by atoms with Crippen LogP contribution in [-0.2, 0) is 15.4 Å². The molecule has 1 atom stereocenters. The van der Waals surface area contributed by atoms with Crippen molar-refractivity contribution in [2.45, 2.75) is 51.3 Å². The first kappa shape index (κ1) is 20.4. The van der Waals surface area contributed by atoms with Crippen LogP contribution in [0.25, 0.3) is 0 Å². The summed E-state index contributed by atoms with van der Waals surface area (Å²) in [6, 6.07) is 4.02. The van der Waals surface area contributed by atoms with Gasteiger partial charge in [-0.05, 0) is 54.8 Å². The molecule has 2 N–H and O–H groups in total. The van der Waals surface area contributed by atoms with Crippen molar-refractivity contribution in [3.05, 3.63) is 28.8 Å². The quantitative estimate of drug-likeness (QED) is 0.901. The van der Waals surface area contributed by atoms with Gasteiger partial charge < -0.3 is 5.73 Å². The molecule has 0 bridgehead atoms. The van der Waals surface area contributed by atoms with Gasteiger partial charge in [0.2, 0.25) is 10.0 Å². The second-order valence-electron chi connectivity index (χ2n) is 7.44. The van der Waals surface area contributed by atoms with Gasteiger partial charge in [-0.2, -0.15) is 4.31 Å². The molecule has 6 heteroatoms. The number of halogens is 1. The van der Waals surface area contributed by atoms with Crippen LogP contribution in [0.5, 0.6) is 0 Å². The number of nitrogens with two attached hydrogens (primary N) is 1. The normalized spacial score (nSPS) is 19.7. The zero-order chi connectivity index (χ0) is 16.7. The highest BCUT2D eigenvalue weighted by molar-refractivity contribution is 7.89. The molecular weight excluding hydrogens is 332 g/mol. The third-order valence-electron chi connectivity index (χ3n) is 4.51. The first-order valence-corrected chi connectivity index (χ1v) is 9.33. The second-order valence-corrected chi connectivity index (χ2v) is 9.32. The molecule has 1 aromatic rings. The largest absolute Gasteiger partial charge is 0.330 e. The average molecular weight is 361 g/mol. The van der Waals surface area contributed by atoms with E-state index >= 15 is 0 Å². The predicted molar refractivity (Wildman–Crippen MR) is 97.8 cm³/mol. The number of nitrogens with zero attached hydrogens (tertiary/aromatic N) is 1. The van der Waals surface area contributed by atoms with Gasteiger partial charge in [0.25, 0.3) is 0 Å². The van der Waals surface area contributed by atoms with E-state index in [4.69, 9.17) is 5.73 Å². The van der Waals surface area contributed by atoms with Crippen LogP contribution in [0, 0.1) is 19.8 Å². The summed E-state index contributed by atoms with van der Waals surface area (Å²) >= 11 is 0. The van der Waals surface area contributed by atoms with Crippen LogP contribution >= 0.6 is 12.4 Å². The van der Waals surface area contributed by atoms with E-state index in [1.807, 2.05) is 26.0 Å². The van der Waals surface area contributed by atoms with Crippen molar-refractivity contribution in [1.29, 1.82) is 0 Å².